The van der Waals surface area contributed by atoms with Gasteiger partial charge in [-0.05, 0) is 32.7 Å². The first-order valence-corrected chi connectivity index (χ1v) is 7.54. The largest absolute Gasteiger partial charge is 0.338 e. The van der Waals surface area contributed by atoms with Crippen molar-refractivity contribution < 1.29 is 9.00 Å². The van der Waals surface area contributed by atoms with Gasteiger partial charge in [0.1, 0.15) is 0 Å². The zero-order valence-electron chi connectivity index (χ0n) is 9.78. The zero-order chi connectivity index (χ0) is 11.5. The van der Waals surface area contributed by atoms with Crippen LogP contribution in [0, 0.1) is 0 Å². The Labute approximate surface area is 99.2 Å². The summed E-state index contributed by atoms with van der Waals surface area (Å²) in [5, 5.41) is 3.08. The summed E-state index contributed by atoms with van der Waals surface area (Å²) in [6.07, 6.45) is 3.85. The van der Waals surface area contributed by atoms with Gasteiger partial charge in [-0.15, -0.1) is 0 Å². The molecular weight excluding hydrogens is 224 g/mol. The fourth-order valence-corrected chi connectivity index (χ4v) is 3.90. The minimum Gasteiger partial charge on any atom is -0.338 e. The molecule has 1 unspecified atom stereocenters. The third kappa shape index (κ3) is 2.46. The molecule has 2 heterocycles. The van der Waals surface area contributed by atoms with Crippen LogP contribution in [-0.2, 0) is 15.6 Å². The minimum atomic E-state index is -0.641. The van der Waals surface area contributed by atoms with Crippen molar-refractivity contribution in [1.82, 2.24) is 10.2 Å². The SMILES string of the molecule is CNC1CCCN(C2CCS(=O)CC2)C1=O. The first-order chi connectivity index (χ1) is 7.72. The highest BCUT2D eigenvalue weighted by Crippen LogP contribution is 2.21. The summed E-state index contributed by atoms with van der Waals surface area (Å²) in [5.74, 6) is 1.77. The minimum absolute atomic E-state index is 0.00109. The summed E-state index contributed by atoms with van der Waals surface area (Å²) in [6.45, 7) is 0.883. The van der Waals surface area contributed by atoms with Gasteiger partial charge < -0.3 is 10.2 Å². The highest BCUT2D eigenvalue weighted by atomic mass is 32.2. The van der Waals surface area contributed by atoms with Crippen molar-refractivity contribution in [1.29, 1.82) is 0 Å². The maximum absolute atomic E-state index is 12.1. The standard InChI is InChI=1S/C11H20N2O2S/c1-12-10-3-2-6-13(11(10)14)9-4-7-16(15)8-5-9/h9-10,12H,2-8H2,1H3. The van der Waals surface area contributed by atoms with Crippen LogP contribution >= 0.6 is 0 Å². The molecular formula is C11H20N2O2S. The number of hydrogen-bond acceptors (Lipinski definition) is 3. The van der Waals surface area contributed by atoms with Gasteiger partial charge in [0, 0.05) is 34.9 Å². The lowest BCUT2D eigenvalue weighted by Gasteiger charge is -2.39. The molecule has 2 fully saturated rings. The number of nitrogens with zero attached hydrogens (tertiary/aromatic N) is 1. The van der Waals surface area contributed by atoms with Crippen molar-refractivity contribution >= 4 is 16.7 Å². The third-order valence-corrected chi connectivity index (χ3v) is 5.00. The van der Waals surface area contributed by atoms with Crippen molar-refractivity contribution in [3.63, 3.8) is 0 Å². The van der Waals surface area contributed by atoms with E-state index in [0.717, 1.165) is 43.7 Å². The summed E-state index contributed by atoms with van der Waals surface area (Å²) in [7, 11) is 1.21. The molecule has 0 aromatic rings. The number of hydrogen-bond donors (Lipinski definition) is 1. The highest BCUT2D eigenvalue weighted by molar-refractivity contribution is 7.85. The van der Waals surface area contributed by atoms with Crippen LogP contribution in [0.5, 0.6) is 0 Å². The summed E-state index contributed by atoms with van der Waals surface area (Å²) in [5.41, 5.74) is 0. The molecule has 4 nitrogen and oxygen atoms in total. The van der Waals surface area contributed by atoms with Crippen molar-refractivity contribution in [2.24, 2.45) is 0 Å². The normalized spacial score (nSPS) is 36.4. The maximum atomic E-state index is 12.1. The molecule has 0 bridgehead atoms. The zero-order valence-corrected chi connectivity index (χ0v) is 10.6. The molecule has 2 aliphatic rings. The lowest BCUT2D eigenvalue weighted by atomic mass is 10.0. The van der Waals surface area contributed by atoms with Gasteiger partial charge in [-0.25, -0.2) is 0 Å². The van der Waals surface area contributed by atoms with E-state index in [2.05, 4.69) is 5.32 Å². The lowest BCUT2D eigenvalue weighted by Crippen LogP contribution is -2.54. The van der Waals surface area contributed by atoms with Gasteiger partial charge in [0.2, 0.25) is 5.91 Å². The van der Waals surface area contributed by atoms with E-state index in [0.29, 0.717) is 6.04 Å². The topological polar surface area (TPSA) is 49.4 Å². The number of carbonyl (C=O) groups is 1. The van der Waals surface area contributed by atoms with E-state index in [4.69, 9.17) is 0 Å². The quantitative estimate of drug-likeness (QED) is 0.750. The Kier molecular flexibility index (Phi) is 3.97. The molecule has 2 rings (SSSR count). The monoisotopic (exact) mass is 244 g/mol. The molecule has 5 heteroatoms. The van der Waals surface area contributed by atoms with E-state index < -0.39 is 10.8 Å². The molecule has 1 atom stereocenters. The van der Waals surface area contributed by atoms with Crippen LogP contribution in [0.25, 0.3) is 0 Å². The number of likely N-dealkylation sites (N-methyl/N-ethyl adjacent to an activating group) is 1. The van der Waals surface area contributed by atoms with Crippen LogP contribution in [0.15, 0.2) is 0 Å². The second-order valence-electron chi connectivity index (χ2n) is 4.59. The van der Waals surface area contributed by atoms with E-state index in [1.54, 1.807) is 0 Å². The Morgan fingerprint density at radius 1 is 1.31 bits per heavy atom. The van der Waals surface area contributed by atoms with Crippen LogP contribution in [0.3, 0.4) is 0 Å². The average molecular weight is 244 g/mol. The number of carbonyl (C=O) groups excluding carboxylic acids is 1. The molecule has 92 valence electrons. The second kappa shape index (κ2) is 5.27. The maximum Gasteiger partial charge on any atom is 0.239 e. The van der Waals surface area contributed by atoms with Gasteiger partial charge in [-0.1, -0.05) is 0 Å². The summed E-state index contributed by atoms with van der Waals surface area (Å²) in [6, 6.07) is 0.336. The summed E-state index contributed by atoms with van der Waals surface area (Å²) in [4.78, 5) is 14.1. The second-order valence-corrected chi connectivity index (χ2v) is 6.29. The van der Waals surface area contributed by atoms with E-state index in [-0.39, 0.29) is 11.9 Å². The van der Waals surface area contributed by atoms with E-state index in [1.165, 1.54) is 0 Å². The predicted molar refractivity (Wildman–Crippen MR) is 64.7 cm³/mol. The fourth-order valence-electron chi connectivity index (χ4n) is 2.62. The number of rotatable bonds is 2. The fraction of sp³-hybridized carbons (Fsp3) is 0.909. The van der Waals surface area contributed by atoms with Gasteiger partial charge >= 0.3 is 0 Å². The summed E-state index contributed by atoms with van der Waals surface area (Å²) >= 11 is 0. The molecule has 0 spiro atoms. The first kappa shape index (κ1) is 12.0. The predicted octanol–water partition coefficient (Wildman–Crippen LogP) is 0.108. The van der Waals surface area contributed by atoms with E-state index >= 15 is 0 Å². The molecule has 2 saturated heterocycles. The lowest BCUT2D eigenvalue weighted by molar-refractivity contribution is -0.138. The first-order valence-electron chi connectivity index (χ1n) is 6.05. The van der Waals surface area contributed by atoms with Crippen molar-refractivity contribution in [2.45, 2.75) is 37.8 Å². The average Bonchev–Trinajstić information content (AvgIpc) is 2.31. The van der Waals surface area contributed by atoms with Crippen molar-refractivity contribution in [3.05, 3.63) is 0 Å². The van der Waals surface area contributed by atoms with Gasteiger partial charge in [0.15, 0.2) is 0 Å². The van der Waals surface area contributed by atoms with Gasteiger partial charge in [-0.3, -0.25) is 9.00 Å². The number of likely N-dealkylation sites (tertiary alicyclic amines) is 1. The molecule has 0 aliphatic carbocycles. The Balaban J connectivity index is 1.97. The molecule has 1 amide bonds. The Bertz CT molecular complexity index is 286. The van der Waals surface area contributed by atoms with Crippen LogP contribution in [0.1, 0.15) is 25.7 Å². The molecule has 16 heavy (non-hydrogen) atoms. The van der Waals surface area contributed by atoms with Gasteiger partial charge in [-0.2, -0.15) is 0 Å². The highest BCUT2D eigenvalue weighted by Gasteiger charge is 2.33. The molecule has 0 saturated carbocycles. The Morgan fingerprint density at radius 2 is 2.00 bits per heavy atom. The van der Waals surface area contributed by atoms with Crippen LogP contribution < -0.4 is 5.32 Å². The number of amides is 1. The van der Waals surface area contributed by atoms with Crippen LogP contribution in [0.4, 0.5) is 0 Å². The molecule has 2 aliphatic heterocycles. The molecule has 0 aromatic carbocycles. The van der Waals surface area contributed by atoms with Crippen molar-refractivity contribution in [2.75, 3.05) is 25.1 Å². The summed E-state index contributed by atoms with van der Waals surface area (Å²) < 4.78 is 11.3. The number of nitrogens with one attached hydrogen (secondary N) is 1. The van der Waals surface area contributed by atoms with Gasteiger partial charge in [0.25, 0.3) is 0 Å². The number of piperidine rings is 1. The van der Waals surface area contributed by atoms with Gasteiger partial charge in [0.05, 0.1) is 6.04 Å². The Morgan fingerprint density at radius 3 is 2.62 bits per heavy atom. The molecule has 1 N–H and O–H groups in total. The van der Waals surface area contributed by atoms with E-state index in [1.807, 2.05) is 11.9 Å². The molecule has 0 radical (unpaired) electrons. The molecule has 0 aromatic heterocycles. The van der Waals surface area contributed by atoms with Crippen molar-refractivity contribution in [3.8, 4) is 0 Å². The van der Waals surface area contributed by atoms with Crippen LogP contribution in [-0.4, -0.2) is 52.2 Å². The third-order valence-electron chi connectivity index (χ3n) is 3.62. The smallest absolute Gasteiger partial charge is 0.239 e. The Hall–Kier alpha value is -0.420. The van der Waals surface area contributed by atoms with Crippen LogP contribution in [0.2, 0.25) is 0 Å². The van der Waals surface area contributed by atoms with E-state index in [9.17, 15) is 9.00 Å².